The molecule has 2 rings (SSSR count). The predicted octanol–water partition coefficient (Wildman–Crippen LogP) is 2.62. The van der Waals surface area contributed by atoms with Crippen molar-refractivity contribution in [3.05, 3.63) is 35.9 Å². The fourth-order valence-electron chi connectivity index (χ4n) is 2.37. The zero-order valence-electron chi connectivity index (χ0n) is 8.87. The van der Waals surface area contributed by atoms with E-state index in [9.17, 15) is 0 Å². The average molecular weight is 189 g/mol. The van der Waals surface area contributed by atoms with Crippen molar-refractivity contribution < 1.29 is 0 Å². The van der Waals surface area contributed by atoms with Crippen LogP contribution in [-0.2, 0) is 6.42 Å². The first-order valence-electron chi connectivity index (χ1n) is 5.62. The van der Waals surface area contributed by atoms with Crippen LogP contribution in [0, 0.1) is 5.92 Å². The van der Waals surface area contributed by atoms with Crippen LogP contribution in [0.15, 0.2) is 30.3 Å². The van der Waals surface area contributed by atoms with Crippen molar-refractivity contribution in [2.24, 2.45) is 5.92 Å². The molecule has 1 aliphatic rings. The second-order valence-electron chi connectivity index (χ2n) is 4.44. The van der Waals surface area contributed by atoms with E-state index in [1.807, 2.05) is 0 Å². The lowest BCUT2D eigenvalue weighted by Gasteiger charge is -2.28. The van der Waals surface area contributed by atoms with E-state index in [4.69, 9.17) is 0 Å². The smallest absolute Gasteiger partial charge is 0.00414 e. The van der Waals surface area contributed by atoms with E-state index in [0.29, 0.717) is 6.04 Å². The van der Waals surface area contributed by atoms with E-state index < -0.39 is 0 Å². The lowest BCUT2D eigenvalue weighted by molar-refractivity contribution is 0.314. The van der Waals surface area contributed by atoms with Crippen molar-refractivity contribution in [2.45, 2.75) is 32.2 Å². The summed E-state index contributed by atoms with van der Waals surface area (Å²) in [5.74, 6) is 0.883. The largest absolute Gasteiger partial charge is 0.314 e. The lowest BCUT2D eigenvalue weighted by atomic mass is 9.88. The molecule has 0 spiro atoms. The lowest BCUT2D eigenvalue weighted by Crippen LogP contribution is -2.36. The van der Waals surface area contributed by atoms with Gasteiger partial charge in [-0.2, -0.15) is 0 Å². The summed E-state index contributed by atoms with van der Waals surface area (Å²) in [5.41, 5.74) is 1.49. The normalized spacial score (nSPS) is 27.5. The van der Waals surface area contributed by atoms with Crippen LogP contribution in [0.1, 0.15) is 25.3 Å². The Morgan fingerprint density at radius 1 is 1.29 bits per heavy atom. The fourth-order valence-corrected chi connectivity index (χ4v) is 2.37. The zero-order chi connectivity index (χ0) is 9.80. The highest BCUT2D eigenvalue weighted by Gasteiger charge is 2.17. The van der Waals surface area contributed by atoms with E-state index >= 15 is 0 Å². The zero-order valence-corrected chi connectivity index (χ0v) is 8.87. The molecule has 0 radical (unpaired) electrons. The number of nitrogens with one attached hydrogen (secondary N) is 1. The van der Waals surface area contributed by atoms with Gasteiger partial charge in [-0.25, -0.2) is 0 Å². The molecule has 1 aromatic carbocycles. The van der Waals surface area contributed by atoms with Crippen LogP contribution >= 0.6 is 0 Å². The molecule has 0 bridgehead atoms. The molecular formula is C13H19N. The Bertz CT molecular complexity index is 268. The number of hydrogen-bond donors (Lipinski definition) is 1. The molecule has 1 N–H and O–H groups in total. The third-order valence-corrected chi connectivity index (χ3v) is 3.10. The Morgan fingerprint density at radius 2 is 2.07 bits per heavy atom. The summed E-state index contributed by atoms with van der Waals surface area (Å²) in [5, 5.41) is 3.50. The van der Waals surface area contributed by atoms with E-state index in [1.165, 1.54) is 31.4 Å². The fraction of sp³-hybridized carbons (Fsp3) is 0.538. The summed E-state index contributed by atoms with van der Waals surface area (Å²) >= 11 is 0. The first-order chi connectivity index (χ1) is 6.84. The highest BCUT2D eigenvalue weighted by molar-refractivity contribution is 5.15. The summed E-state index contributed by atoms with van der Waals surface area (Å²) in [6.45, 7) is 3.48. The number of benzene rings is 1. The summed E-state index contributed by atoms with van der Waals surface area (Å²) in [6.07, 6.45) is 3.92. The average Bonchev–Trinajstić information content (AvgIpc) is 2.19. The van der Waals surface area contributed by atoms with Gasteiger partial charge in [0, 0.05) is 6.04 Å². The van der Waals surface area contributed by atoms with Crippen LogP contribution in [-0.4, -0.2) is 12.6 Å². The van der Waals surface area contributed by atoms with Gasteiger partial charge in [-0.15, -0.1) is 0 Å². The van der Waals surface area contributed by atoms with Gasteiger partial charge in [0.05, 0.1) is 0 Å². The molecule has 0 aliphatic carbocycles. The minimum atomic E-state index is 0.706. The molecule has 1 fully saturated rings. The van der Waals surface area contributed by atoms with Gasteiger partial charge in [0.1, 0.15) is 0 Å². The molecule has 1 heteroatoms. The molecule has 1 aliphatic heterocycles. The van der Waals surface area contributed by atoms with Gasteiger partial charge >= 0.3 is 0 Å². The quantitative estimate of drug-likeness (QED) is 0.754. The maximum absolute atomic E-state index is 3.50. The predicted molar refractivity (Wildman–Crippen MR) is 60.3 cm³/mol. The Balaban J connectivity index is 1.91. The maximum atomic E-state index is 3.50. The highest BCUT2D eigenvalue weighted by atomic mass is 14.9. The topological polar surface area (TPSA) is 12.0 Å². The molecule has 1 saturated heterocycles. The van der Waals surface area contributed by atoms with Gasteiger partial charge in [-0.1, -0.05) is 30.3 Å². The molecule has 2 atom stereocenters. The van der Waals surface area contributed by atoms with Crippen molar-refractivity contribution in [3.8, 4) is 0 Å². The minimum Gasteiger partial charge on any atom is -0.314 e. The Kier molecular flexibility index (Phi) is 3.20. The summed E-state index contributed by atoms with van der Waals surface area (Å²) in [7, 11) is 0. The van der Waals surface area contributed by atoms with Crippen LogP contribution < -0.4 is 5.32 Å². The van der Waals surface area contributed by atoms with Crippen molar-refractivity contribution in [2.75, 3.05) is 6.54 Å². The molecule has 14 heavy (non-hydrogen) atoms. The third kappa shape index (κ3) is 2.58. The van der Waals surface area contributed by atoms with Gasteiger partial charge in [0.15, 0.2) is 0 Å². The minimum absolute atomic E-state index is 0.706. The Hall–Kier alpha value is -0.820. The van der Waals surface area contributed by atoms with Crippen LogP contribution in [0.5, 0.6) is 0 Å². The molecular weight excluding hydrogens is 170 g/mol. The number of hydrogen-bond acceptors (Lipinski definition) is 1. The second-order valence-corrected chi connectivity index (χ2v) is 4.44. The van der Waals surface area contributed by atoms with E-state index in [0.717, 1.165) is 5.92 Å². The van der Waals surface area contributed by atoms with E-state index in [2.05, 4.69) is 42.6 Å². The van der Waals surface area contributed by atoms with Crippen LogP contribution in [0.3, 0.4) is 0 Å². The summed E-state index contributed by atoms with van der Waals surface area (Å²) in [4.78, 5) is 0. The monoisotopic (exact) mass is 189 g/mol. The van der Waals surface area contributed by atoms with E-state index in [1.54, 1.807) is 0 Å². The second kappa shape index (κ2) is 4.61. The van der Waals surface area contributed by atoms with Gasteiger partial charge in [0.2, 0.25) is 0 Å². The molecule has 1 aromatic rings. The van der Waals surface area contributed by atoms with Crippen molar-refractivity contribution in [3.63, 3.8) is 0 Å². The van der Waals surface area contributed by atoms with Gasteiger partial charge in [-0.05, 0) is 44.2 Å². The highest BCUT2D eigenvalue weighted by Crippen LogP contribution is 2.20. The van der Waals surface area contributed by atoms with Crippen molar-refractivity contribution >= 4 is 0 Å². The third-order valence-electron chi connectivity index (χ3n) is 3.10. The number of rotatable bonds is 2. The first-order valence-corrected chi connectivity index (χ1v) is 5.62. The van der Waals surface area contributed by atoms with Gasteiger partial charge < -0.3 is 5.32 Å². The summed E-state index contributed by atoms with van der Waals surface area (Å²) < 4.78 is 0. The SMILES string of the molecule is C[C@@H]1C[C@@H](Cc2ccccc2)CCN1. The van der Waals surface area contributed by atoms with Gasteiger partial charge in [0.25, 0.3) is 0 Å². The molecule has 1 nitrogen and oxygen atoms in total. The Morgan fingerprint density at radius 3 is 2.79 bits per heavy atom. The Labute approximate surface area is 86.5 Å². The number of piperidine rings is 1. The molecule has 0 saturated carbocycles. The van der Waals surface area contributed by atoms with Crippen LogP contribution in [0.2, 0.25) is 0 Å². The molecule has 76 valence electrons. The van der Waals surface area contributed by atoms with E-state index in [-0.39, 0.29) is 0 Å². The van der Waals surface area contributed by atoms with Crippen LogP contribution in [0.4, 0.5) is 0 Å². The molecule has 0 unspecified atom stereocenters. The molecule has 0 amide bonds. The molecule has 1 heterocycles. The van der Waals surface area contributed by atoms with Crippen molar-refractivity contribution in [1.82, 2.24) is 5.32 Å². The van der Waals surface area contributed by atoms with Gasteiger partial charge in [-0.3, -0.25) is 0 Å². The first kappa shape index (κ1) is 9.72. The van der Waals surface area contributed by atoms with Crippen molar-refractivity contribution in [1.29, 1.82) is 0 Å². The maximum Gasteiger partial charge on any atom is 0.00414 e. The van der Waals surface area contributed by atoms with Crippen LogP contribution in [0.25, 0.3) is 0 Å². The molecule has 0 aromatic heterocycles. The summed E-state index contributed by atoms with van der Waals surface area (Å²) in [6, 6.07) is 11.6. The standard InChI is InChI=1S/C13H19N/c1-11-9-13(7-8-14-11)10-12-5-3-2-4-6-12/h2-6,11,13-14H,7-10H2,1H3/t11-,13+/m1/s1.